The van der Waals surface area contributed by atoms with E-state index in [1.807, 2.05) is 84.5 Å². The smallest absolute Gasteiger partial charge is 0.253 e. The molecule has 0 N–H and O–H groups in total. The Labute approximate surface area is 186 Å². The van der Waals surface area contributed by atoms with Crippen molar-refractivity contribution in [2.24, 2.45) is 0 Å². The van der Waals surface area contributed by atoms with Crippen LogP contribution in [0.4, 0.5) is 0 Å². The highest BCUT2D eigenvalue weighted by atomic mass is 16.2. The second-order valence-electron chi connectivity index (χ2n) is 7.82. The largest absolute Gasteiger partial charge is 0.337 e. The van der Waals surface area contributed by atoms with Gasteiger partial charge in [0.1, 0.15) is 5.82 Å². The molecule has 32 heavy (non-hydrogen) atoms. The topological polar surface area (TPSA) is 56.0 Å². The summed E-state index contributed by atoms with van der Waals surface area (Å²) in [4.78, 5) is 19.5. The average molecular weight is 422 g/mol. The first-order valence-electron chi connectivity index (χ1n) is 10.5. The number of hydrogen-bond acceptors (Lipinski definition) is 3. The van der Waals surface area contributed by atoms with Crippen LogP contribution in [0.3, 0.4) is 0 Å². The van der Waals surface area contributed by atoms with Crippen LogP contribution in [0.15, 0.2) is 91.3 Å². The molecular weight excluding hydrogens is 398 g/mol. The molecule has 0 saturated carbocycles. The van der Waals surface area contributed by atoms with E-state index in [1.165, 1.54) is 0 Å². The molecule has 2 heterocycles. The van der Waals surface area contributed by atoms with E-state index in [-0.39, 0.29) is 5.91 Å². The Kier molecular flexibility index (Phi) is 5.03. The van der Waals surface area contributed by atoms with Gasteiger partial charge in [0.05, 0.1) is 22.9 Å². The summed E-state index contributed by atoms with van der Waals surface area (Å²) in [5.74, 6) is 0.837. The number of amides is 1. The second kappa shape index (κ2) is 8.15. The van der Waals surface area contributed by atoms with Gasteiger partial charge in [0.2, 0.25) is 0 Å². The van der Waals surface area contributed by atoms with Gasteiger partial charge in [-0.1, -0.05) is 36.4 Å². The molecule has 0 aliphatic heterocycles. The fraction of sp³-hybridized carbons (Fsp3) is 0.115. The monoisotopic (exact) mass is 421 g/mol. The summed E-state index contributed by atoms with van der Waals surface area (Å²) in [6, 6.07) is 25.7. The van der Waals surface area contributed by atoms with Gasteiger partial charge >= 0.3 is 0 Å². The predicted molar refractivity (Wildman–Crippen MR) is 125 cm³/mol. The average Bonchev–Trinajstić information content (AvgIpc) is 3.42. The van der Waals surface area contributed by atoms with Gasteiger partial charge in [-0.2, -0.15) is 5.10 Å². The molecule has 1 amide bonds. The molecule has 2 aromatic heterocycles. The maximum Gasteiger partial charge on any atom is 0.253 e. The number of nitrogens with zero attached hydrogens (tertiary/aromatic N) is 5. The highest BCUT2D eigenvalue weighted by Gasteiger charge is 2.16. The van der Waals surface area contributed by atoms with Crippen LogP contribution in [0.5, 0.6) is 0 Å². The molecular formula is C26H23N5O. The number of para-hydroxylation sites is 2. The molecule has 0 radical (unpaired) electrons. The highest BCUT2D eigenvalue weighted by molar-refractivity contribution is 5.97. The number of carbonyl (C=O) groups excluding carboxylic acids is 1. The van der Waals surface area contributed by atoms with Crippen molar-refractivity contribution in [3.63, 3.8) is 0 Å². The van der Waals surface area contributed by atoms with E-state index >= 15 is 0 Å². The lowest BCUT2D eigenvalue weighted by atomic mass is 10.1. The van der Waals surface area contributed by atoms with Gasteiger partial charge < -0.3 is 4.90 Å². The second-order valence-corrected chi connectivity index (χ2v) is 7.82. The zero-order chi connectivity index (χ0) is 22.1. The van der Waals surface area contributed by atoms with Crippen LogP contribution >= 0.6 is 0 Å². The van der Waals surface area contributed by atoms with E-state index < -0.39 is 0 Å². The maximum atomic E-state index is 13.1. The Hall–Kier alpha value is -4.19. The van der Waals surface area contributed by atoms with Crippen molar-refractivity contribution in [1.29, 1.82) is 0 Å². The van der Waals surface area contributed by atoms with Gasteiger partial charge in [0.15, 0.2) is 0 Å². The Bertz CT molecular complexity index is 1390. The van der Waals surface area contributed by atoms with Crippen LogP contribution in [-0.4, -0.2) is 37.2 Å². The molecule has 0 spiro atoms. The molecule has 0 aliphatic rings. The highest BCUT2D eigenvalue weighted by Crippen LogP contribution is 2.23. The zero-order valence-electron chi connectivity index (χ0n) is 18.0. The number of benzene rings is 3. The maximum absolute atomic E-state index is 13.1. The number of aryl methyl sites for hydroxylation is 1. The molecule has 5 rings (SSSR count). The number of carbonyl (C=O) groups is 1. The quantitative estimate of drug-likeness (QED) is 0.410. The first-order chi connectivity index (χ1) is 15.6. The third kappa shape index (κ3) is 3.67. The summed E-state index contributed by atoms with van der Waals surface area (Å²) < 4.78 is 3.92. The fourth-order valence-electron chi connectivity index (χ4n) is 3.97. The van der Waals surface area contributed by atoms with Gasteiger partial charge in [-0.25, -0.2) is 9.67 Å². The van der Waals surface area contributed by atoms with E-state index in [2.05, 4.69) is 21.8 Å². The van der Waals surface area contributed by atoms with Crippen molar-refractivity contribution < 1.29 is 4.79 Å². The first kappa shape index (κ1) is 19.8. The molecule has 0 saturated heterocycles. The van der Waals surface area contributed by atoms with Gasteiger partial charge in [-0.05, 0) is 49.4 Å². The lowest BCUT2D eigenvalue weighted by Gasteiger charge is -2.16. The molecule has 0 bridgehead atoms. The van der Waals surface area contributed by atoms with Crippen LogP contribution in [0.25, 0.3) is 22.4 Å². The lowest BCUT2D eigenvalue weighted by molar-refractivity contribution is 0.0785. The number of hydrogen-bond donors (Lipinski definition) is 0. The summed E-state index contributed by atoms with van der Waals surface area (Å²) in [5.41, 5.74) is 5.42. The van der Waals surface area contributed by atoms with Crippen LogP contribution in [0.1, 0.15) is 21.7 Å². The van der Waals surface area contributed by atoms with E-state index in [9.17, 15) is 4.79 Å². The summed E-state index contributed by atoms with van der Waals surface area (Å²) in [5, 5.41) is 4.42. The van der Waals surface area contributed by atoms with Gasteiger partial charge in [-0.15, -0.1) is 0 Å². The molecule has 5 aromatic rings. The third-order valence-corrected chi connectivity index (χ3v) is 5.51. The Balaban J connectivity index is 1.37. The minimum atomic E-state index is -0.0497. The van der Waals surface area contributed by atoms with Gasteiger partial charge in [0.25, 0.3) is 5.91 Å². The zero-order valence-corrected chi connectivity index (χ0v) is 18.0. The number of aromatic nitrogens is 4. The lowest BCUT2D eigenvalue weighted by Crippen LogP contribution is -2.26. The Morgan fingerprint density at radius 1 is 0.938 bits per heavy atom. The van der Waals surface area contributed by atoms with Crippen molar-refractivity contribution in [3.8, 4) is 11.4 Å². The van der Waals surface area contributed by atoms with Crippen molar-refractivity contribution in [2.75, 3.05) is 7.05 Å². The summed E-state index contributed by atoms with van der Waals surface area (Å²) in [7, 11) is 1.81. The van der Waals surface area contributed by atoms with Crippen LogP contribution < -0.4 is 0 Å². The van der Waals surface area contributed by atoms with E-state index in [1.54, 1.807) is 18.1 Å². The fourth-order valence-corrected chi connectivity index (χ4v) is 3.97. The Morgan fingerprint density at radius 2 is 1.62 bits per heavy atom. The first-order valence-corrected chi connectivity index (χ1v) is 10.5. The summed E-state index contributed by atoms with van der Waals surface area (Å²) in [6.07, 6.45) is 3.75. The molecule has 0 atom stereocenters. The van der Waals surface area contributed by atoms with Crippen LogP contribution in [-0.2, 0) is 6.54 Å². The summed E-state index contributed by atoms with van der Waals surface area (Å²) in [6.45, 7) is 2.45. The van der Waals surface area contributed by atoms with E-state index in [0.717, 1.165) is 33.8 Å². The molecule has 0 unspecified atom stereocenters. The molecule has 6 heteroatoms. The Morgan fingerprint density at radius 3 is 2.34 bits per heavy atom. The standard InChI is InChI=1S/C26H23N5O/c1-19-28-24-15-21(13-14-25(24)31(19)23-11-7-4-8-12-23)26(32)29(2)17-20-16-27-30(18-20)22-9-5-3-6-10-22/h3-16,18H,17H2,1-2H3. The number of rotatable bonds is 5. The van der Waals surface area contributed by atoms with Gasteiger partial charge in [-0.3, -0.25) is 9.36 Å². The third-order valence-electron chi connectivity index (χ3n) is 5.51. The van der Waals surface area contributed by atoms with Crippen molar-refractivity contribution in [3.05, 3.63) is 108 Å². The molecule has 0 aliphatic carbocycles. The predicted octanol–water partition coefficient (Wildman–Crippen LogP) is 4.79. The van der Waals surface area contributed by atoms with Crippen molar-refractivity contribution >= 4 is 16.9 Å². The van der Waals surface area contributed by atoms with Crippen LogP contribution in [0, 0.1) is 6.92 Å². The van der Waals surface area contributed by atoms with Crippen molar-refractivity contribution in [1.82, 2.24) is 24.2 Å². The van der Waals surface area contributed by atoms with Gasteiger partial charge in [0, 0.05) is 36.6 Å². The van der Waals surface area contributed by atoms with Crippen molar-refractivity contribution in [2.45, 2.75) is 13.5 Å². The minimum absolute atomic E-state index is 0.0497. The van der Waals surface area contributed by atoms with Crippen LogP contribution in [0.2, 0.25) is 0 Å². The molecule has 158 valence electrons. The minimum Gasteiger partial charge on any atom is -0.337 e. The molecule has 0 fully saturated rings. The molecule has 3 aromatic carbocycles. The molecule has 6 nitrogen and oxygen atoms in total. The number of imidazole rings is 1. The van der Waals surface area contributed by atoms with E-state index in [0.29, 0.717) is 12.1 Å². The number of fused-ring (bicyclic) bond motifs is 1. The van der Waals surface area contributed by atoms with E-state index in [4.69, 9.17) is 4.98 Å². The summed E-state index contributed by atoms with van der Waals surface area (Å²) >= 11 is 0. The SMILES string of the molecule is Cc1nc2cc(C(=O)N(C)Cc3cnn(-c4ccccc4)c3)ccc2n1-c1ccccc1. The normalized spacial score (nSPS) is 11.1.